The Morgan fingerprint density at radius 2 is 1.84 bits per heavy atom. The fourth-order valence-electron chi connectivity index (χ4n) is 3.15. The van der Waals surface area contributed by atoms with Crippen molar-refractivity contribution in [1.29, 1.82) is 0 Å². The molecule has 106 valence electrons. The first-order valence-electron chi connectivity index (χ1n) is 7.38. The third-order valence-corrected chi connectivity index (χ3v) is 4.33. The summed E-state index contributed by atoms with van der Waals surface area (Å²) >= 11 is 0. The lowest BCUT2D eigenvalue weighted by atomic mass is 9.94. The van der Waals surface area contributed by atoms with Crippen LogP contribution in [0, 0.1) is 5.92 Å². The van der Waals surface area contributed by atoms with Crippen molar-refractivity contribution in [2.45, 2.75) is 38.1 Å². The number of rotatable bonds is 4. The fraction of sp³-hybridized carbons (Fsp3) is 0.625. The van der Waals surface area contributed by atoms with Crippen LogP contribution in [-0.2, 0) is 0 Å². The molecule has 0 aromatic heterocycles. The van der Waals surface area contributed by atoms with E-state index >= 15 is 0 Å². The van der Waals surface area contributed by atoms with E-state index in [4.69, 9.17) is 0 Å². The topological polar surface area (TPSA) is 35.5 Å². The molecule has 3 nitrogen and oxygen atoms in total. The van der Waals surface area contributed by atoms with Crippen LogP contribution in [0.3, 0.4) is 0 Å². The van der Waals surface area contributed by atoms with Gasteiger partial charge in [-0.2, -0.15) is 0 Å². The lowest BCUT2D eigenvalue weighted by Crippen LogP contribution is -2.39. The van der Waals surface area contributed by atoms with Crippen LogP contribution in [0.15, 0.2) is 24.3 Å². The molecule has 0 bridgehead atoms. The number of aromatic hydroxyl groups is 1. The average molecular weight is 262 g/mol. The number of hydrogen-bond donors (Lipinski definition) is 2. The summed E-state index contributed by atoms with van der Waals surface area (Å²) in [5.41, 5.74) is 1.18. The number of benzene rings is 1. The van der Waals surface area contributed by atoms with Crippen molar-refractivity contribution < 1.29 is 5.11 Å². The molecule has 2 unspecified atom stereocenters. The van der Waals surface area contributed by atoms with Crippen molar-refractivity contribution in [3.05, 3.63) is 24.3 Å². The molecule has 0 amide bonds. The minimum absolute atomic E-state index is 0.333. The lowest BCUT2D eigenvalue weighted by molar-refractivity contribution is 0.356. The number of hydrogen-bond acceptors (Lipinski definition) is 3. The maximum Gasteiger partial charge on any atom is 0.115 e. The van der Waals surface area contributed by atoms with Gasteiger partial charge in [-0.1, -0.05) is 19.3 Å². The van der Waals surface area contributed by atoms with Crippen LogP contribution in [0.25, 0.3) is 0 Å². The molecule has 1 aromatic carbocycles. The Balaban J connectivity index is 1.99. The van der Waals surface area contributed by atoms with E-state index in [0.29, 0.717) is 17.7 Å². The summed E-state index contributed by atoms with van der Waals surface area (Å²) in [5.74, 6) is 1.05. The van der Waals surface area contributed by atoms with E-state index in [1.54, 1.807) is 12.1 Å². The van der Waals surface area contributed by atoms with E-state index in [0.717, 1.165) is 6.54 Å². The van der Waals surface area contributed by atoms with Gasteiger partial charge in [-0.15, -0.1) is 0 Å². The molecule has 2 atom stereocenters. The van der Waals surface area contributed by atoms with Crippen molar-refractivity contribution >= 4 is 5.69 Å². The molecule has 2 rings (SSSR count). The fourth-order valence-corrected chi connectivity index (χ4v) is 3.15. The minimum atomic E-state index is 0.333. The van der Waals surface area contributed by atoms with Crippen molar-refractivity contribution in [2.24, 2.45) is 5.92 Å². The molecule has 1 aliphatic carbocycles. The summed E-state index contributed by atoms with van der Waals surface area (Å²) in [5, 5.41) is 12.8. The standard InChI is InChI=1S/C16H26N2O/c1-17-16-7-5-3-4-6-13(16)12-18(2)14-8-10-15(19)11-9-14/h8-11,13,16-17,19H,3-7,12H2,1-2H3. The molecule has 1 aliphatic rings. The highest BCUT2D eigenvalue weighted by molar-refractivity contribution is 5.48. The van der Waals surface area contributed by atoms with E-state index in [1.165, 1.54) is 37.8 Å². The van der Waals surface area contributed by atoms with Crippen LogP contribution in [0.5, 0.6) is 5.75 Å². The Bertz CT molecular complexity index is 377. The Kier molecular flexibility index (Phi) is 5.08. The predicted octanol–water partition coefficient (Wildman–Crippen LogP) is 3.00. The third-order valence-electron chi connectivity index (χ3n) is 4.33. The van der Waals surface area contributed by atoms with Gasteiger partial charge in [0.25, 0.3) is 0 Å². The maximum absolute atomic E-state index is 9.35. The first-order valence-corrected chi connectivity index (χ1v) is 7.38. The second-order valence-electron chi connectivity index (χ2n) is 5.69. The van der Waals surface area contributed by atoms with Gasteiger partial charge in [0.1, 0.15) is 5.75 Å². The van der Waals surface area contributed by atoms with E-state index in [2.05, 4.69) is 24.3 Å². The van der Waals surface area contributed by atoms with E-state index in [9.17, 15) is 5.11 Å². The summed E-state index contributed by atoms with van der Waals surface area (Å²) in [4.78, 5) is 2.31. The molecule has 0 heterocycles. The Hall–Kier alpha value is -1.22. The zero-order valence-corrected chi connectivity index (χ0v) is 12.1. The van der Waals surface area contributed by atoms with Gasteiger partial charge in [-0.3, -0.25) is 0 Å². The Labute approximate surface area is 116 Å². The number of nitrogens with one attached hydrogen (secondary N) is 1. The molecule has 0 radical (unpaired) electrons. The van der Waals surface area contributed by atoms with E-state index < -0.39 is 0 Å². The molecule has 1 fully saturated rings. The summed E-state index contributed by atoms with van der Waals surface area (Å²) in [7, 11) is 4.23. The van der Waals surface area contributed by atoms with Crippen LogP contribution < -0.4 is 10.2 Å². The Morgan fingerprint density at radius 1 is 1.16 bits per heavy atom. The third kappa shape index (κ3) is 3.87. The summed E-state index contributed by atoms with van der Waals surface area (Å²) < 4.78 is 0. The minimum Gasteiger partial charge on any atom is -0.508 e. The van der Waals surface area contributed by atoms with Crippen molar-refractivity contribution in [3.63, 3.8) is 0 Å². The summed E-state index contributed by atoms with van der Waals surface area (Å²) in [6.45, 7) is 1.08. The van der Waals surface area contributed by atoms with Gasteiger partial charge in [0.15, 0.2) is 0 Å². The SMILES string of the molecule is CNC1CCCCCC1CN(C)c1ccc(O)cc1. The second-order valence-corrected chi connectivity index (χ2v) is 5.69. The highest BCUT2D eigenvalue weighted by Gasteiger charge is 2.23. The van der Waals surface area contributed by atoms with Crippen LogP contribution in [-0.4, -0.2) is 31.8 Å². The highest BCUT2D eigenvalue weighted by atomic mass is 16.3. The number of anilines is 1. The zero-order chi connectivity index (χ0) is 13.7. The molecule has 0 spiro atoms. The second kappa shape index (κ2) is 6.80. The summed E-state index contributed by atoms with van der Waals surface area (Å²) in [6.07, 6.45) is 6.69. The predicted molar refractivity (Wildman–Crippen MR) is 80.8 cm³/mol. The van der Waals surface area contributed by atoms with E-state index in [1.807, 2.05) is 12.1 Å². The van der Waals surface area contributed by atoms with Gasteiger partial charge in [0.05, 0.1) is 0 Å². The highest BCUT2D eigenvalue weighted by Crippen LogP contribution is 2.26. The van der Waals surface area contributed by atoms with Gasteiger partial charge >= 0.3 is 0 Å². The van der Waals surface area contributed by atoms with Crippen molar-refractivity contribution in [3.8, 4) is 5.75 Å². The van der Waals surface area contributed by atoms with Crippen LogP contribution in [0.2, 0.25) is 0 Å². The Morgan fingerprint density at radius 3 is 2.53 bits per heavy atom. The largest absolute Gasteiger partial charge is 0.508 e. The summed E-state index contributed by atoms with van der Waals surface area (Å²) in [6, 6.07) is 8.13. The monoisotopic (exact) mass is 262 g/mol. The smallest absolute Gasteiger partial charge is 0.115 e. The first-order chi connectivity index (χ1) is 9.20. The number of phenolic OH excluding ortho intramolecular Hbond substituents is 1. The molecular weight excluding hydrogens is 236 g/mol. The number of nitrogens with zero attached hydrogens (tertiary/aromatic N) is 1. The van der Waals surface area contributed by atoms with Crippen LogP contribution in [0.4, 0.5) is 5.69 Å². The molecule has 1 aromatic rings. The molecular formula is C16H26N2O. The van der Waals surface area contributed by atoms with Gasteiger partial charge in [-0.05, 0) is 50.1 Å². The number of phenols is 1. The molecule has 0 saturated heterocycles. The van der Waals surface area contributed by atoms with Gasteiger partial charge in [0.2, 0.25) is 0 Å². The maximum atomic E-state index is 9.35. The molecule has 0 aliphatic heterocycles. The molecule has 2 N–H and O–H groups in total. The van der Waals surface area contributed by atoms with E-state index in [-0.39, 0.29) is 0 Å². The first kappa shape index (κ1) is 14.2. The van der Waals surface area contributed by atoms with Crippen LogP contribution in [0.1, 0.15) is 32.1 Å². The van der Waals surface area contributed by atoms with Crippen molar-refractivity contribution in [2.75, 3.05) is 25.5 Å². The normalized spacial score (nSPS) is 23.9. The molecule has 19 heavy (non-hydrogen) atoms. The molecule has 1 saturated carbocycles. The van der Waals surface area contributed by atoms with Crippen LogP contribution >= 0.6 is 0 Å². The van der Waals surface area contributed by atoms with Gasteiger partial charge in [0, 0.05) is 25.3 Å². The van der Waals surface area contributed by atoms with Gasteiger partial charge in [-0.25, -0.2) is 0 Å². The zero-order valence-electron chi connectivity index (χ0n) is 12.1. The average Bonchev–Trinajstić information content (AvgIpc) is 2.64. The molecule has 3 heteroatoms. The lowest BCUT2D eigenvalue weighted by Gasteiger charge is -2.30. The van der Waals surface area contributed by atoms with Gasteiger partial charge < -0.3 is 15.3 Å². The quantitative estimate of drug-likeness (QED) is 0.819. The van der Waals surface area contributed by atoms with Crippen molar-refractivity contribution in [1.82, 2.24) is 5.32 Å².